The molecule has 0 bridgehead atoms. The number of nitrogens with one attached hydrogen (secondary N) is 1. The number of carbonyl (C=O) groups excluding carboxylic acids is 3. The largest absolute Gasteiger partial charge is 0.496 e. The number of methoxy groups -OCH3 is 2. The molecule has 10 heteroatoms. The Balaban J connectivity index is 2.03. The molecule has 0 aromatic heterocycles. The van der Waals surface area contributed by atoms with E-state index in [9.17, 15) is 24.5 Å². The fourth-order valence-corrected chi connectivity index (χ4v) is 2.24. The van der Waals surface area contributed by atoms with E-state index in [-0.39, 0.29) is 28.3 Å². The van der Waals surface area contributed by atoms with Crippen molar-refractivity contribution in [2.45, 2.75) is 0 Å². The fourth-order valence-electron chi connectivity index (χ4n) is 2.24. The molecule has 0 aliphatic heterocycles. The van der Waals surface area contributed by atoms with E-state index in [1.165, 1.54) is 26.4 Å². The van der Waals surface area contributed by atoms with Crippen molar-refractivity contribution in [2.24, 2.45) is 0 Å². The molecule has 0 radical (unpaired) electrons. The first-order valence-electron chi connectivity index (χ1n) is 7.84. The van der Waals surface area contributed by atoms with E-state index in [1.54, 1.807) is 18.2 Å². The zero-order chi connectivity index (χ0) is 20.7. The van der Waals surface area contributed by atoms with Crippen molar-refractivity contribution in [2.75, 3.05) is 20.8 Å². The summed E-state index contributed by atoms with van der Waals surface area (Å²) >= 11 is 0. The highest BCUT2D eigenvalue weighted by Crippen LogP contribution is 2.24. The average molecular weight is 388 g/mol. The Morgan fingerprint density at radius 3 is 2.29 bits per heavy atom. The van der Waals surface area contributed by atoms with E-state index in [4.69, 9.17) is 14.2 Å². The van der Waals surface area contributed by atoms with Gasteiger partial charge in [-0.3, -0.25) is 25.0 Å². The van der Waals surface area contributed by atoms with Gasteiger partial charge in [-0.1, -0.05) is 12.1 Å². The minimum absolute atomic E-state index is 0.0427. The van der Waals surface area contributed by atoms with Gasteiger partial charge < -0.3 is 14.2 Å². The quantitative estimate of drug-likeness (QED) is 0.430. The summed E-state index contributed by atoms with van der Waals surface area (Å²) in [7, 11) is 2.65. The Hall–Kier alpha value is -3.95. The van der Waals surface area contributed by atoms with Gasteiger partial charge in [-0.25, -0.2) is 4.79 Å². The smallest absolute Gasteiger partial charge is 0.342 e. The van der Waals surface area contributed by atoms with Gasteiger partial charge in [0.15, 0.2) is 6.61 Å². The van der Waals surface area contributed by atoms with Gasteiger partial charge >= 0.3 is 5.97 Å². The average Bonchev–Trinajstić information content (AvgIpc) is 2.71. The number of para-hydroxylation sites is 1. The predicted molar refractivity (Wildman–Crippen MR) is 95.4 cm³/mol. The van der Waals surface area contributed by atoms with Crippen molar-refractivity contribution in [3.63, 3.8) is 0 Å². The van der Waals surface area contributed by atoms with Crippen molar-refractivity contribution in [3.8, 4) is 11.5 Å². The monoisotopic (exact) mass is 388 g/mol. The number of imide groups is 1. The molecule has 0 aliphatic rings. The minimum Gasteiger partial charge on any atom is -0.496 e. The van der Waals surface area contributed by atoms with Crippen LogP contribution in [0.4, 0.5) is 5.69 Å². The lowest BCUT2D eigenvalue weighted by Crippen LogP contribution is -2.34. The van der Waals surface area contributed by atoms with Gasteiger partial charge in [0.1, 0.15) is 17.1 Å². The summed E-state index contributed by atoms with van der Waals surface area (Å²) in [5.74, 6) is -2.31. The molecule has 0 aliphatic carbocycles. The maximum atomic E-state index is 12.2. The molecule has 1 N–H and O–H groups in total. The van der Waals surface area contributed by atoms with Gasteiger partial charge in [-0.2, -0.15) is 0 Å². The van der Waals surface area contributed by atoms with Gasteiger partial charge in [0.05, 0.1) is 24.7 Å². The topological polar surface area (TPSA) is 134 Å². The number of hydrogen-bond donors (Lipinski definition) is 1. The standard InChI is InChI=1S/C18H16N2O8/c1-26-14-6-4-3-5-12(14)17(22)19-16(21)10-28-18(23)13-9-11(20(24)25)7-8-15(13)27-2/h3-9H,10H2,1-2H3,(H,19,21,22). The molecule has 2 rings (SSSR count). The number of non-ortho nitro benzene ring substituents is 1. The molecule has 146 valence electrons. The van der Waals surface area contributed by atoms with Crippen LogP contribution in [-0.2, 0) is 9.53 Å². The molecule has 2 amide bonds. The summed E-state index contributed by atoms with van der Waals surface area (Å²) in [6, 6.07) is 9.63. The maximum Gasteiger partial charge on any atom is 0.342 e. The van der Waals surface area contributed by atoms with Crippen molar-refractivity contribution in [3.05, 3.63) is 63.7 Å². The third kappa shape index (κ3) is 4.81. The summed E-state index contributed by atoms with van der Waals surface area (Å²) in [4.78, 5) is 46.3. The lowest BCUT2D eigenvalue weighted by atomic mass is 10.2. The molecular weight excluding hydrogens is 372 g/mol. The molecule has 0 unspecified atom stereocenters. The highest BCUT2D eigenvalue weighted by atomic mass is 16.6. The van der Waals surface area contributed by atoms with E-state index in [0.717, 1.165) is 12.1 Å². The van der Waals surface area contributed by atoms with E-state index >= 15 is 0 Å². The summed E-state index contributed by atoms with van der Waals surface area (Å²) < 4.78 is 14.8. The van der Waals surface area contributed by atoms with Crippen LogP contribution in [0.1, 0.15) is 20.7 Å². The Morgan fingerprint density at radius 1 is 1.00 bits per heavy atom. The van der Waals surface area contributed by atoms with Crippen LogP contribution in [0.15, 0.2) is 42.5 Å². The SMILES string of the molecule is COc1ccccc1C(=O)NC(=O)COC(=O)c1cc([N+](=O)[O-])ccc1OC. The number of nitro benzene ring substituents is 1. The number of amides is 2. The molecule has 0 spiro atoms. The van der Waals surface area contributed by atoms with Crippen LogP contribution >= 0.6 is 0 Å². The van der Waals surface area contributed by atoms with Gasteiger partial charge in [0.2, 0.25) is 0 Å². The first kappa shape index (κ1) is 20.4. The van der Waals surface area contributed by atoms with E-state index in [0.29, 0.717) is 0 Å². The molecule has 2 aromatic carbocycles. The molecule has 0 saturated heterocycles. The van der Waals surface area contributed by atoms with Crippen molar-refractivity contribution < 1.29 is 33.5 Å². The van der Waals surface area contributed by atoms with Crippen LogP contribution in [0.3, 0.4) is 0 Å². The van der Waals surface area contributed by atoms with Gasteiger partial charge in [-0.05, 0) is 18.2 Å². The number of carbonyl (C=O) groups is 3. The number of benzene rings is 2. The maximum absolute atomic E-state index is 12.2. The van der Waals surface area contributed by atoms with E-state index < -0.39 is 29.3 Å². The fraction of sp³-hybridized carbons (Fsp3) is 0.167. The first-order valence-corrected chi connectivity index (χ1v) is 7.84. The number of nitrogens with zero attached hydrogens (tertiary/aromatic N) is 1. The van der Waals surface area contributed by atoms with Crippen LogP contribution < -0.4 is 14.8 Å². The Kier molecular flexibility index (Phi) is 6.63. The molecular formula is C18H16N2O8. The van der Waals surface area contributed by atoms with Crippen LogP contribution in [-0.4, -0.2) is 43.5 Å². The van der Waals surface area contributed by atoms with Gasteiger partial charge in [-0.15, -0.1) is 0 Å². The first-order chi connectivity index (χ1) is 13.4. The highest BCUT2D eigenvalue weighted by molar-refractivity contribution is 6.07. The van der Waals surface area contributed by atoms with Gasteiger partial charge in [0.25, 0.3) is 17.5 Å². The lowest BCUT2D eigenvalue weighted by molar-refractivity contribution is -0.384. The minimum atomic E-state index is -1.01. The van der Waals surface area contributed by atoms with Gasteiger partial charge in [0, 0.05) is 12.1 Å². The number of esters is 1. The number of nitro groups is 1. The normalized spacial score (nSPS) is 9.93. The summed E-state index contributed by atoms with van der Waals surface area (Å²) in [5, 5.41) is 12.9. The second-order valence-electron chi connectivity index (χ2n) is 5.30. The van der Waals surface area contributed by atoms with Crippen LogP contribution in [0.5, 0.6) is 11.5 Å². The molecule has 10 nitrogen and oxygen atoms in total. The van der Waals surface area contributed by atoms with Crippen LogP contribution in [0.25, 0.3) is 0 Å². The van der Waals surface area contributed by atoms with Crippen LogP contribution in [0.2, 0.25) is 0 Å². The molecule has 0 atom stereocenters. The summed E-state index contributed by atoms with van der Waals surface area (Å²) in [6.07, 6.45) is 0. The van der Waals surface area contributed by atoms with Crippen molar-refractivity contribution >= 4 is 23.5 Å². The summed E-state index contributed by atoms with van der Waals surface area (Å²) in [5.41, 5.74) is -0.436. The van der Waals surface area contributed by atoms with Crippen LogP contribution in [0, 0.1) is 10.1 Å². The van der Waals surface area contributed by atoms with Crippen molar-refractivity contribution in [1.29, 1.82) is 0 Å². The molecule has 28 heavy (non-hydrogen) atoms. The van der Waals surface area contributed by atoms with Crippen molar-refractivity contribution in [1.82, 2.24) is 5.32 Å². The van der Waals surface area contributed by atoms with E-state index in [2.05, 4.69) is 5.32 Å². The number of ether oxygens (including phenoxy) is 3. The molecule has 0 saturated carbocycles. The Morgan fingerprint density at radius 2 is 1.64 bits per heavy atom. The Labute approximate surface area is 159 Å². The zero-order valence-electron chi connectivity index (χ0n) is 15.0. The highest BCUT2D eigenvalue weighted by Gasteiger charge is 2.21. The summed E-state index contributed by atoms with van der Waals surface area (Å²) in [6.45, 7) is -0.772. The number of rotatable bonds is 7. The predicted octanol–water partition coefficient (Wildman–Crippen LogP) is 1.73. The molecule has 0 heterocycles. The number of hydrogen-bond acceptors (Lipinski definition) is 8. The zero-order valence-corrected chi connectivity index (χ0v) is 15.0. The third-order valence-corrected chi connectivity index (χ3v) is 3.55. The van der Waals surface area contributed by atoms with E-state index in [1.807, 2.05) is 0 Å². The second kappa shape index (κ2) is 9.12. The lowest BCUT2D eigenvalue weighted by Gasteiger charge is -2.10. The second-order valence-corrected chi connectivity index (χ2v) is 5.30. The Bertz CT molecular complexity index is 926. The molecule has 0 fully saturated rings. The third-order valence-electron chi connectivity index (χ3n) is 3.55. The molecule has 2 aromatic rings.